The van der Waals surface area contributed by atoms with Gasteiger partial charge in [-0.05, 0) is 44.4 Å². The van der Waals surface area contributed by atoms with Crippen LogP contribution in [0.5, 0.6) is 0 Å². The Morgan fingerprint density at radius 2 is 1.62 bits per heavy atom. The summed E-state index contributed by atoms with van der Waals surface area (Å²) in [6.07, 6.45) is 2.10. The number of nitrogens with one attached hydrogen (secondary N) is 1. The first-order valence-electron chi connectivity index (χ1n) is 9.22. The summed E-state index contributed by atoms with van der Waals surface area (Å²) >= 11 is 0. The SMILES string of the molecule is CCN(c1ccccc1)c1cc(C)nc(NCCCc2ccccc2)n1. The number of nitrogens with zero attached hydrogens (tertiary/aromatic N) is 3. The van der Waals surface area contributed by atoms with Gasteiger partial charge in [0.15, 0.2) is 0 Å². The van der Waals surface area contributed by atoms with Crippen molar-refractivity contribution in [3.63, 3.8) is 0 Å². The summed E-state index contributed by atoms with van der Waals surface area (Å²) in [5.74, 6) is 1.62. The van der Waals surface area contributed by atoms with Gasteiger partial charge < -0.3 is 10.2 Å². The van der Waals surface area contributed by atoms with E-state index in [1.807, 2.05) is 19.1 Å². The molecule has 1 N–H and O–H groups in total. The van der Waals surface area contributed by atoms with Crippen molar-refractivity contribution in [2.75, 3.05) is 23.3 Å². The van der Waals surface area contributed by atoms with E-state index in [-0.39, 0.29) is 0 Å². The third-order valence-electron chi connectivity index (χ3n) is 4.27. The topological polar surface area (TPSA) is 41.1 Å². The second-order valence-corrected chi connectivity index (χ2v) is 6.29. The Morgan fingerprint density at radius 3 is 2.31 bits per heavy atom. The third-order valence-corrected chi connectivity index (χ3v) is 4.27. The minimum absolute atomic E-state index is 0.697. The molecule has 0 amide bonds. The first kappa shape index (κ1) is 17.9. The highest BCUT2D eigenvalue weighted by molar-refractivity contribution is 5.61. The highest BCUT2D eigenvalue weighted by Crippen LogP contribution is 2.24. The van der Waals surface area contributed by atoms with Gasteiger partial charge in [-0.25, -0.2) is 4.98 Å². The molecule has 0 unspecified atom stereocenters. The molecule has 134 valence electrons. The summed E-state index contributed by atoms with van der Waals surface area (Å²) in [6, 6.07) is 22.9. The fourth-order valence-electron chi connectivity index (χ4n) is 2.99. The van der Waals surface area contributed by atoms with Crippen molar-refractivity contribution in [3.8, 4) is 0 Å². The van der Waals surface area contributed by atoms with Crippen molar-refractivity contribution in [1.82, 2.24) is 9.97 Å². The molecule has 0 radical (unpaired) electrons. The predicted molar refractivity (Wildman–Crippen MR) is 109 cm³/mol. The average molecular weight is 346 g/mol. The fourth-order valence-corrected chi connectivity index (χ4v) is 2.99. The van der Waals surface area contributed by atoms with E-state index in [4.69, 9.17) is 4.98 Å². The van der Waals surface area contributed by atoms with Crippen LogP contribution in [0.4, 0.5) is 17.5 Å². The lowest BCUT2D eigenvalue weighted by Gasteiger charge is -2.23. The minimum atomic E-state index is 0.697. The Balaban J connectivity index is 1.65. The molecule has 0 saturated heterocycles. The number of anilines is 3. The smallest absolute Gasteiger partial charge is 0.224 e. The molecule has 1 aromatic heterocycles. The van der Waals surface area contributed by atoms with E-state index in [0.717, 1.165) is 43.1 Å². The van der Waals surface area contributed by atoms with Gasteiger partial charge in [0, 0.05) is 30.5 Å². The Bertz CT molecular complexity index is 803. The lowest BCUT2D eigenvalue weighted by molar-refractivity contribution is 0.849. The summed E-state index contributed by atoms with van der Waals surface area (Å²) in [5, 5.41) is 3.38. The Labute approximate surface area is 155 Å². The minimum Gasteiger partial charge on any atom is -0.354 e. The lowest BCUT2D eigenvalue weighted by atomic mass is 10.1. The van der Waals surface area contributed by atoms with Crippen LogP contribution in [0.1, 0.15) is 24.6 Å². The molecular weight excluding hydrogens is 320 g/mol. The van der Waals surface area contributed by atoms with Gasteiger partial charge in [-0.2, -0.15) is 4.98 Å². The van der Waals surface area contributed by atoms with E-state index in [1.54, 1.807) is 0 Å². The van der Waals surface area contributed by atoms with Crippen LogP contribution in [0.25, 0.3) is 0 Å². The average Bonchev–Trinajstić information content (AvgIpc) is 2.67. The molecule has 0 spiro atoms. The number of hydrogen-bond donors (Lipinski definition) is 1. The maximum Gasteiger partial charge on any atom is 0.224 e. The molecular formula is C22H26N4. The maximum atomic E-state index is 4.73. The first-order valence-corrected chi connectivity index (χ1v) is 9.22. The lowest BCUT2D eigenvalue weighted by Crippen LogP contribution is -2.19. The molecule has 0 atom stereocenters. The van der Waals surface area contributed by atoms with Gasteiger partial charge in [0.05, 0.1) is 0 Å². The van der Waals surface area contributed by atoms with Crippen LogP contribution in [0, 0.1) is 6.92 Å². The van der Waals surface area contributed by atoms with Crippen LogP contribution in [0.2, 0.25) is 0 Å². The van der Waals surface area contributed by atoms with Crippen LogP contribution >= 0.6 is 0 Å². The van der Waals surface area contributed by atoms with Gasteiger partial charge in [0.2, 0.25) is 5.95 Å². The van der Waals surface area contributed by atoms with Gasteiger partial charge in [0.25, 0.3) is 0 Å². The summed E-state index contributed by atoms with van der Waals surface area (Å²) in [4.78, 5) is 11.5. The van der Waals surface area contributed by atoms with Crippen molar-refractivity contribution in [3.05, 3.63) is 78.0 Å². The van der Waals surface area contributed by atoms with Gasteiger partial charge >= 0.3 is 0 Å². The molecule has 4 heteroatoms. The van der Waals surface area contributed by atoms with E-state index in [9.17, 15) is 0 Å². The maximum absolute atomic E-state index is 4.73. The summed E-state index contributed by atoms with van der Waals surface area (Å²) in [6.45, 7) is 5.86. The normalized spacial score (nSPS) is 10.5. The zero-order chi connectivity index (χ0) is 18.2. The molecule has 0 saturated carbocycles. The van der Waals surface area contributed by atoms with Gasteiger partial charge in [0.1, 0.15) is 5.82 Å². The highest BCUT2D eigenvalue weighted by Gasteiger charge is 2.11. The second kappa shape index (κ2) is 8.99. The zero-order valence-electron chi connectivity index (χ0n) is 15.5. The summed E-state index contributed by atoms with van der Waals surface area (Å²) in [5.41, 5.74) is 3.47. The molecule has 0 fully saturated rings. The van der Waals surface area contributed by atoms with Crippen molar-refractivity contribution >= 4 is 17.5 Å². The summed E-state index contributed by atoms with van der Waals surface area (Å²) < 4.78 is 0. The van der Waals surface area contributed by atoms with Crippen molar-refractivity contribution in [2.24, 2.45) is 0 Å². The number of aryl methyl sites for hydroxylation is 2. The van der Waals surface area contributed by atoms with Crippen LogP contribution in [-0.4, -0.2) is 23.1 Å². The second-order valence-electron chi connectivity index (χ2n) is 6.29. The number of benzene rings is 2. The van der Waals surface area contributed by atoms with Crippen molar-refractivity contribution in [1.29, 1.82) is 0 Å². The Morgan fingerprint density at radius 1 is 0.923 bits per heavy atom. The third kappa shape index (κ3) is 4.82. The van der Waals surface area contributed by atoms with E-state index < -0.39 is 0 Å². The molecule has 0 aliphatic heterocycles. The number of para-hydroxylation sites is 1. The van der Waals surface area contributed by atoms with E-state index in [0.29, 0.717) is 5.95 Å². The molecule has 0 aliphatic carbocycles. The molecule has 3 aromatic rings. The molecule has 3 rings (SSSR count). The van der Waals surface area contributed by atoms with Crippen LogP contribution in [0.3, 0.4) is 0 Å². The predicted octanol–water partition coefficient (Wildman–Crippen LogP) is 4.99. The monoisotopic (exact) mass is 346 g/mol. The number of aromatic nitrogens is 2. The van der Waals surface area contributed by atoms with Crippen LogP contribution in [-0.2, 0) is 6.42 Å². The van der Waals surface area contributed by atoms with E-state index in [1.165, 1.54) is 5.56 Å². The quantitative estimate of drug-likeness (QED) is 0.584. The molecule has 0 bridgehead atoms. The van der Waals surface area contributed by atoms with E-state index >= 15 is 0 Å². The van der Waals surface area contributed by atoms with E-state index in [2.05, 4.69) is 76.7 Å². The van der Waals surface area contributed by atoms with Crippen molar-refractivity contribution in [2.45, 2.75) is 26.7 Å². The van der Waals surface area contributed by atoms with Crippen LogP contribution in [0.15, 0.2) is 66.7 Å². The first-order chi connectivity index (χ1) is 12.8. The molecule has 2 aromatic carbocycles. The molecule has 0 aliphatic rings. The Hall–Kier alpha value is -2.88. The molecule has 1 heterocycles. The number of rotatable bonds is 8. The molecule has 4 nitrogen and oxygen atoms in total. The van der Waals surface area contributed by atoms with Crippen LogP contribution < -0.4 is 10.2 Å². The standard InChI is InChI=1S/C22H26N4/c1-3-26(20-14-8-5-9-15-20)21-17-18(2)24-22(25-21)23-16-10-13-19-11-6-4-7-12-19/h4-9,11-12,14-15,17H,3,10,13,16H2,1-2H3,(H,23,24,25). The van der Waals surface area contributed by atoms with Gasteiger partial charge in [-0.15, -0.1) is 0 Å². The number of hydrogen-bond acceptors (Lipinski definition) is 4. The summed E-state index contributed by atoms with van der Waals surface area (Å²) in [7, 11) is 0. The highest BCUT2D eigenvalue weighted by atomic mass is 15.2. The van der Waals surface area contributed by atoms with Gasteiger partial charge in [-0.3, -0.25) is 0 Å². The van der Waals surface area contributed by atoms with Gasteiger partial charge in [-0.1, -0.05) is 48.5 Å². The largest absolute Gasteiger partial charge is 0.354 e. The Kier molecular flexibility index (Phi) is 6.20. The van der Waals surface area contributed by atoms with Crippen molar-refractivity contribution < 1.29 is 0 Å². The fraction of sp³-hybridized carbons (Fsp3) is 0.273. The molecule has 26 heavy (non-hydrogen) atoms. The zero-order valence-corrected chi connectivity index (χ0v) is 15.5.